The van der Waals surface area contributed by atoms with E-state index < -0.39 is 10.2 Å². The Kier molecular flexibility index (Phi) is 4.57. The molecule has 3 aliphatic rings. The molecule has 1 saturated carbocycles. The zero-order chi connectivity index (χ0) is 18.5. The minimum absolute atomic E-state index is 0.163. The van der Waals surface area contributed by atoms with E-state index in [4.69, 9.17) is 0 Å². The van der Waals surface area contributed by atoms with E-state index in [-0.39, 0.29) is 29.7 Å². The molecule has 0 spiro atoms. The minimum atomic E-state index is -3.50. The Morgan fingerprint density at radius 2 is 1.77 bits per heavy atom. The molecule has 2 heterocycles. The van der Waals surface area contributed by atoms with Gasteiger partial charge in [-0.3, -0.25) is 4.79 Å². The lowest BCUT2D eigenvalue weighted by Crippen LogP contribution is -2.43. The van der Waals surface area contributed by atoms with Gasteiger partial charge in [-0.05, 0) is 24.3 Å². The first-order chi connectivity index (χ1) is 12.4. The molecular weight excluding hydrogens is 350 g/mol. The number of carbonyl (C=O) groups excluding carboxylic acids is 1. The lowest BCUT2D eigenvalue weighted by molar-refractivity contribution is -0.137. The fourth-order valence-corrected chi connectivity index (χ4v) is 5.97. The topological polar surface area (TPSA) is 60.9 Å². The second-order valence-corrected chi connectivity index (χ2v) is 10.1. The van der Waals surface area contributed by atoms with Crippen LogP contribution in [0.1, 0.15) is 30.9 Å². The zero-order valence-electron chi connectivity index (χ0n) is 15.4. The van der Waals surface area contributed by atoms with Crippen molar-refractivity contribution >= 4 is 16.1 Å². The van der Waals surface area contributed by atoms with E-state index in [0.717, 1.165) is 24.8 Å². The zero-order valence-corrected chi connectivity index (χ0v) is 16.2. The summed E-state index contributed by atoms with van der Waals surface area (Å²) in [4.78, 5) is 14.7. The normalized spacial score (nSPS) is 29.8. The van der Waals surface area contributed by atoms with E-state index >= 15 is 0 Å². The molecule has 7 heteroatoms. The third kappa shape index (κ3) is 2.86. The molecule has 2 saturated heterocycles. The molecule has 0 bridgehead atoms. The van der Waals surface area contributed by atoms with Crippen LogP contribution in [0.5, 0.6) is 0 Å². The summed E-state index contributed by atoms with van der Waals surface area (Å²) in [7, 11) is -0.338. The standard InChI is InChI=1S/C19H27N3O3S/c1-20(2)26(24,25)22-12-16-11-21(19(23)15-9-6-10-15)13-17(16)18(22)14-7-4-3-5-8-14/h3-5,7-8,15-18H,6,9-13H2,1-2H3/t16-,17-,18+/m0/s1. The largest absolute Gasteiger partial charge is 0.342 e. The highest BCUT2D eigenvalue weighted by molar-refractivity contribution is 7.86. The van der Waals surface area contributed by atoms with Gasteiger partial charge >= 0.3 is 0 Å². The second-order valence-electron chi connectivity index (χ2n) is 8.01. The van der Waals surface area contributed by atoms with Crippen LogP contribution in [0, 0.1) is 17.8 Å². The van der Waals surface area contributed by atoms with Crippen LogP contribution in [0.15, 0.2) is 30.3 Å². The van der Waals surface area contributed by atoms with Crippen LogP contribution in [0.3, 0.4) is 0 Å². The Morgan fingerprint density at radius 3 is 2.35 bits per heavy atom. The van der Waals surface area contributed by atoms with Gasteiger partial charge in [0.25, 0.3) is 10.2 Å². The summed E-state index contributed by atoms with van der Waals surface area (Å²) in [6.07, 6.45) is 3.17. The van der Waals surface area contributed by atoms with Crippen LogP contribution in [0.2, 0.25) is 0 Å². The van der Waals surface area contributed by atoms with Gasteiger partial charge in [0.05, 0.1) is 6.04 Å². The number of benzene rings is 1. The molecule has 0 radical (unpaired) electrons. The van der Waals surface area contributed by atoms with Gasteiger partial charge in [0.1, 0.15) is 0 Å². The highest BCUT2D eigenvalue weighted by Crippen LogP contribution is 2.47. The maximum Gasteiger partial charge on any atom is 0.282 e. The average molecular weight is 378 g/mol. The van der Waals surface area contributed by atoms with Gasteiger partial charge in [-0.2, -0.15) is 17.0 Å². The fraction of sp³-hybridized carbons (Fsp3) is 0.632. The summed E-state index contributed by atoms with van der Waals surface area (Å²) in [5.74, 6) is 0.847. The Bertz CT molecular complexity index is 776. The van der Waals surface area contributed by atoms with Crippen molar-refractivity contribution in [2.24, 2.45) is 17.8 Å². The molecule has 2 aliphatic heterocycles. The predicted octanol–water partition coefficient (Wildman–Crippen LogP) is 1.72. The molecule has 1 aliphatic carbocycles. The van der Waals surface area contributed by atoms with E-state index in [1.807, 2.05) is 35.2 Å². The lowest BCUT2D eigenvalue weighted by Gasteiger charge is -2.33. The molecule has 1 aromatic rings. The SMILES string of the molecule is CN(C)S(=O)(=O)N1C[C@@H]2CN(C(=O)C3CCC3)C[C@@H]2[C@H]1c1ccccc1. The number of carbonyl (C=O) groups is 1. The van der Waals surface area contributed by atoms with Crippen molar-refractivity contribution in [3.63, 3.8) is 0 Å². The van der Waals surface area contributed by atoms with Crippen LogP contribution in [0.25, 0.3) is 0 Å². The highest BCUT2D eigenvalue weighted by atomic mass is 32.2. The molecule has 3 fully saturated rings. The molecule has 4 rings (SSSR count). The predicted molar refractivity (Wildman–Crippen MR) is 99.4 cm³/mol. The molecule has 1 aromatic carbocycles. The molecule has 142 valence electrons. The van der Waals surface area contributed by atoms with Crippen molar-refractivity contribution in [3.8, 4) is 0 Å². The monoisotopic (exact) mass is 377 g/mol. The van der Waals surface area contributed by atoms with Gasteiger partial charge in [0.15, 0.2) is 0 Å². The van der Waals surface area contributed by atoms with E-state index in [2.05, 4.69) is 0 Å². The van der Waals surface area contributed by atoms with Gasteiger partial charge in [-0.25, -0.2) is 0 Å². The summed E-state index contributed by atoms with van der Waals surface area (Å²) in [5.41, 5.74) is 1.02. The number of nitrogens with zero attached hydrogens (tertiary/aromatic N) is 3. The van der Waals surface area contributed by atoms with Gasteiger partial charge in [-0.1, -0.05) is 36.8 Å². The summed E-state index contributed by atoms with van der Waals surface area (Å²) in [5, 5.41) is 0. The summed E-state index contributed by atoms with van der Waals surface area (Å²) < 4.78 is 28.7. The van der Waals surface area contributed by atoms with Gasteiger partial charge in [0, 0.05) is 45.6 Å². The molecule has 6 nitrogen and oxygen atoms in total. The van der Waals surface area contributed by atoms with Gasteiger partial charge in [-0.15, -0.1) is 0 Å². The van der Waals surface area contributed by atoms with E-state index in [1.54, 1.807) is 18.4 Å². The molecular formula is C19H27N3O3S. The van der Waals surface area contributed by atoms with E-state index in [0.29, 0.717) is 19.6 Å². The van der Waals surface area contributed by atoms with Gasteiger partial charge < -0.3 is 4.90 Å². The highest BCUT2D eigenvalue weighted by Gasteiger charge is 2.53. The molecule has 26 heavy (non-hydrogen) atoms. The van der Waals surface area contributed by atoms with Crippen LogP contribution < -0.4 is 0 Å². The summed E-state index contributed by atoms with van der Waals surface area (Å²) >= 11 is 0. The van der Waals surface area contributed by atoms with Crippen molar-refractivity contribution in [1.29, 1.82) is 0 Å². The third-order valence-electron chi connectivity index (χ3n) is 6.29. The van der Waals surface area contributed by atoms with E-state index in [1.165, 1.54) is 4.31 Å². The van der Waals surface area contributed by atoms with Crippen molar-refractivity contribution < 1.29 is 13.2 Å². The van der Waals surface area contributed by atoms with Crippen LogP contribution >= 0.6 is 0 Å². The maximum atomic E-state index is 12.9. The molecule has 0 unspecified atom stereocenters. The first-order valence-electron chi connectivity index (χ1n) is 9.42. The lowest BCUT2D eigenvalue weighted by atomic mass is 9.84. The van der Waals surface area contributed by atoms with Crippen LogP contribution in [-0.2, 0) is 15.0 Å². The number of likely N-dealkylation sites (tertiary alicyclic amines) is 1. The second kappa shape index (κ2) is 6.62. The molecule has 0 aromatic heterocycles. The third-order valence-corrected chi connectivity index (χ3v) is 8.18. The molecule has 0 N–H and O–H groups in total. The van der Waals surface area contributed by atoms with Crippen LogP contribution in [0.4, 0.5) is 0 Å². The Hall–Kier alpha value is -1.44. The van der Waals surface area contributed by atoms with Crippen molar-refractivity contribution in [1.82, 2.24) is 13.5 Å². The first-order valence-corrected chi connectivity index (χ1v) is 10.8. The molecule has 3 atom stereocenters. The van der Waals surface area contributed by atoms with Crippen molar-refractivity contribution in [2.45, 2.75) is 25.3 Å². The number of fused-ring (bicyclic) bond motifs is 1. The number of hydrogen-bond acceptors (Lipinski definition) is 3. The Labute approximate surface area is 155 Å². The van der Waals surface area contributed by atoms with Gasteiger partial charge in [0.2, 0.25) is 5.91 Å². The Morgan fingerprint density at radius 1 is 1.08 bits per heavy atom. The molecule has 1 amide bonds. The first kappa shape index (κ1) is 17.9. The maximum absolute atomic E-state index is 12.9. The number of rotatable bonds is 4. The number of amides is 1. The van der Waals surface area contributed by atoms with Crippen LogP contribution in [-0.4, -0.2) is 61.6 Å². The average Bonchev–Trinajstić information content (AvgIpc) is 3.11. The quantitative estimate of drug-likeness (QED) is 0.803. The number of hydrogen-bond donors (Lipinski definition) is 0. The van der Waals surface area contributed by atoms with E-state index in [9.17, 15) is 13.2 Å². The van der Waals surface area contributed by atoms with Crippen molar-refractivity contribution in [3.05, 3.63) is 35.9 Å². The summed E-state index contributed by atoms with van der Waals surface area (Å²) in [6, 6.07) is 9.66. The fourth-order valence-electron chi connectivity index (χ4n) is 4.61. The van der Waals surface area contributed by atoms with Crippen molar-refractivity contribution in [2.75, 3.05) is 33.7 Å². The summed E-state index contributed by atoms with van der Waals surface area (Å²) in [6.45, 7) is 1.83. The smallest absolute Gasteiger partial charge is 0.282 e. The Balaban J connectivity index is 1.62. The minimum Gasteiger partial charge on any atom is -0.342 e.